The number of halogens is 5. The fourth-order valence-electron chi connectivity index (χ4n) is 2.96. The minimum absolute atomic E-state index is 0.150. The molecule has 0 aliphatic carbocycles. The van der Waals surface area contributed by atoms with Gasteiger partial charge in [-0.1, -0.05) is 41.4 Å². The molecule has 0 bridgehead atoms. The van der Waals surface area contributed by atoms with Gasteiger partial charge in [0.25, 0.3) is 5.56 Å². The maximum Gasteiger partial charge on any atom is 0.406 e. The van der Waals surface area contributed by atoms with Crippen LogP contribution in [-0.2, 0) is 6.54 Å². The monoisotopic (exact) mass is 438 g/mol. The zero-order chi connectivity index (χ0) is 20.8. The number of benzene rings is 2. The molecule has 0 atom stereocenters. The van der Waals surface area contributed by atoms with Gasteiger partial charge in [0.2, 0.25) is 0 Å². The zero-order valence-corrected chi connectivity index (χ0v) is 16.0. The average Bonchev–Trinajstić information content (AvgIpc) is 3.04. The van der Waals surface area contributed by atoms with E-state index in [1.165, 1.54) is 4.68 Å². The lowest BCUT2D eigenvalue weighted by atomic mass is 10.1. The number of hydrogen-bond acceptors (Lipinski definition) is 3. The average molecular weight is 439 g/mol. The maximum absolute atomic E-state index is 12.8. The molecule has 148 valence electrons. The van der Waals surface area contributed by atoms with Crippen molar-refractivity contribution in [2.45, 2.75) is 12.7 Å². The van der Waals surface area contributed by atoms with E-state index in [-0.39, 0.29) is 11.0 Å². The van der Waals surface area contributed by atoms with Crippen LogP contribution in [0.3, 0.4) is 0 Å². The molecule has 0 unspecified atom stereocenters. The van der Waals surface area contributed by atoms with Gasteiger partial charge in [-0.3, -0.25) is 9.36 Å². The smallest absolute Gasteiger partial charge is 0.288 e. The second-order valence-electron chi connectivity index (χ2n) is 6.21. The van der Waals surface area contributed by atoms with Gasteiger partial charge in [0, 0.05) is 10.6 Å². The van der Waals surface area contributed by atoms with Crippen LogP contribution in [0.2, 0.25) is 10.0 Å². The summed E-state index contributed by atoms with van der Waals surface area (Å²) < 4.78 is 40.3. The quantitative estimate of drug-likeness (QED) is 0.446. The van der Waals surface area contributed by atoms with Gasteiger partial charge in [-0.25, -0.2) is 9.67 Å². The summed E-state index contributed by atoms with van der Waals surface area (Å²) in [4.78, 5) is 16.8. The molecule has 4 rings (SSSR count). The second-order valence-corrected chi connectivity index (χ2v) is 7.05. The lowest BCUT2D eigenvalue weighted by molar-refractivity contribution is -0.141. The normalized spacial score (nSPS) is 11.9. The van der Waals surface area contributed by atoms with Crippen molar-refractivity contribution in [3.05, 3.63) is 75.3 Å². The third-order valence-corrected chi connectivity index (χ3v) is 4.78. The van der Waals surface area contributed by atoms with Crippen molar-refractivity contribution in [3.63, 3.8) is 0 Å². The molecule has 5 nitrogen and oxygen atoms in total. The fourth-order valence-corrected chi connectivity index (χ4v) is 3.31. The van der Waals surface area contributed by atoms with Crippen molar-refractivity contribution in [2.75, 3.05) is 0 Å². The standard InChI is InChI=1S/C19H11Cl2F3N4O/c20-11-5-7-12(8-6-11)28-17(13-3-1-2-4-14(13)21)15-16(26-28)18(29)27(10-25-15)9-19(22,23)24/h1-8,10H,9H2. The van der Waals surface area contributed by atoms with Crippen molar-refractivity contribution >= 4 is 34.2 Å². The summed E-state index contributed by atoms with van der Waals surface area (Å²) in [6.45, 7) is -1.45. The molecule has 0 fully saturated rings. The van der Waals surface area contributed by atoms with E-state index in [1.54, 1.807) is 48.5 Å². The molecule has 0 spiro atoms. The topological polar surface area (TPSA) is 52.7 Å². The lowest BCUT2D eigenvalue weighted by Crippen LogP contribution is -2.28. The molecule has 0 saturated carbocycles. The Morgan fingerprint density at radius 3 is 2.31 bits per heavy atom. The van der Waals surface area contributed by atoms with E-state index in [4.69, 9.17) is 23.2 Å². The molecule has 0 radical (unpaired) electrons. The first-order valence-corrected chi connectivity index (χ1v) is 9.06. The predicted octanol–water partition coefficient (Wildman–Crippen LogP) is 5.12. The highest BCUT2D eigenvalue weighted by Crippen LogP contribution is 2.33. The fraction of sp³-hybridized carbons (Fsp3) is 0.105. The molecule has 10 heteroatoms. The Kier molecular flexibility index (Phi) is 4.84. The van der Waals surface area contributed by atoms with Crippen LogP contribution in [-0.4, -0.2) is 25.5 Å². The lowest BCUT2D eigenvalue weighted by Gasteiger charge is -2.10. The van der Waals surface area contributed by atoms with Crippen LogP contribution in [0.5, 0.6) is 0 Å². The van der Waals surface area contributed by atoms with Gasteiger partial charge in [-0.15, -0.1) is 0 Å². The first kappa shape index (κ1) is 19.5. The third-order valence-electron chi connectivity index (χ3n) is 4.20. The van der Waals surface area contributed by atoms with E-state index in [0.29, 0.717) is 31.6 Å². The highest BCUT2D eigenvalue weighted by molar-refractivity contribution is 6.33. The van der Waals surface area contributed by atoms with Crippen molar-refractivity contribution < 1.29 is 13.2 Å². The number of fused-ring (bicyclic) bond motifs is 1. The largest absolute Gasteiger partial charge is 0.406 e. The predicted molar refractivity (Wildman–Crippen MR) is 105 cm³/mol. The van der Waals surface area contributed by atoms with E-state index in [9.17, 15) is 18.0 Å². The van der Waals surface area contributed by atoms with Gasteiger partial charge in [-0.05, 0) is 30.3 Å². The van der Waals surface area contributed by atoms with E-state index in [2.05, 4.69) is 10.1 Å². The highest BCUT2D eigenvalue weighted by atomic mass is 35.5. The first-order valence-electron chi connectivity index (χ1n) is 8.30. The Labute approximate surface area is 171 Å². The zero-order valence-electron chi connectivity index (χ0n) is 14.5. The molecular weight excluding hydrogens is 428 g/mol. The Morgan fingerprint density at radius 1 is 0.966 bits per heavy atom. The highest BCUT2D eigenvalue weighted by Gasteiger charge is 2.30. The Balaban J connectivity index is 2.04. The maximum atomic E-state index is 12.8. The summed E-state index contributed by atoms with van der Waals surface area (Å²) in [6, 6.07) is 13.5. The summed E-state index contributed by atoms with van der Waals surface area (Å²) in [5.74, 6) is 0. The van der Waals surface area contributed by atoms with Crippen molar-refractivity contribution in [2.24, 2.45) is 0 Å². The van der Waals surface area contributed by atoms with Gasteiger partial charge in [-0.2, -0.15) is 18.3 Å². The van der Waals surface area contributed by atoms with Crippen molar-refractivity contribution in [3.8, 4) is 16.9 Å². The Hall–Kier alpha value is -2.84. The Morgan fingerprint density at radius 2 is 1.66 bits per heavy atom. The molecule has 0 N–H and O–H groups in total. The summed E-state index contributed by atoms with van der Waals surface area (Å²) in [5, 5.41) is 5.15. The van der Waals surface area contributed by atoms with Crippen LogP contribution >= 0.6 is 23.2 Å². The van der Waals surface area contributed by atoms with E-state index >= 15 is 0 Å². The summed E-state index contributed by atoms with van der Waals surface area (Å²) in [5.41, 5.74) is 0.534. The van der Waals surface area contributed by atoms with E-state index in [1.807, 2.05) is 0 Å². The minimum Gasteiger partial charge on any atom is -0.288 e. The molecule has 2 aromatic carbocycles. The second kappa shape index (κ2) is 7.20. The van der Waals surface area contributed by atoms with Gasteiger partial charge in [0.1, 0.15) is 17.8 Å². The molecule has 4 aromatic rings. The van der Waals surface area contributed by atoms with Crippen LogP contribution in [0, 0.1) is 0 Å². The van der Waals surface area contributed by atoms with Crippen LogP contribution < -0.4 is 5.56 Å². The molecule has 0 aliphatic heterocycles. The Bertz CT molecular complexity index is 1260. The molecular formula is C19H11Cl2F3N4O. The van der Waals surface area contributed by atoms with Crippen LogP contribution in [0.25, 0.3) is 28.0 Å². The van der Waals surface area contributed by atoms with Crippen LogP contribution in [0.15, 0.2) is 59.7 Å². The summed E-state index contributed by atoms with van der Waals surface area (Å²) >= 11 is 12.3. The minimum atomic E-state index is -4.57. The van der Waals surface area contributed by atoms with Gasteiger partial charge in [0.05, 0.1) is 17.0 Å². The summed E-state index contributed by atoms with van der Waals surface area (Å²) in [7, 11) is 0. The molecule has 0 amide bonds. The van der Waals surface area contributed by atoms with Gasteiger partial charge < -0.3 is 0 Å². The number of nitrogens with zero attached hydrogens (tertiary/aromatic N) is 4. The summed E-state index contributed by atoms with van der Waals surface area (Å²) in [6.07, 6.45) is -3.70. The van der Waals surface area contributed by atoms with Crippen LogP contribution in [0.4, 0.5) is 13.2 Å². The molecule has 29 heavy (non-hydrogen) atoms. The molecule has 0 aliphatic rings. The SMILES string of the molecule is O=c1c2nn(-c3ccc(Cl)cc3)c(-c3ccccc3Cl)c2ncn1CC(F)(F)F. The van der Waals surface area contributed by atoms with Crippen molar-refractivity contribution in [1.82, 2.24) is 19.3 Å². The number of rotatable bonds is 3. The number of aromatic nitrogens is 4. The first-order chi connectivity index (χ1) is 13.7. The molecule has 2 aromatic heterocycles. The van der Waals surface area contributed by atoms with Crippen LogP contribution in [0.1, 0.15) is 0 Å². The van der Waals surface area contributed by atoms with Gasteiger partial charge >= 0.3 is 6.18 Å². The number of alkyl halides is 3. The van der Waals surface area contributed by atoms with Gasteiger partial charge in [0.15, 0.2) is 5.52 Å². The molecule has 2 heterocycles. The molecule has 0 saturated heterocycles. The number of hydrogen-bond donors (Lipinski definition) is 0. The van der Waals surface area contributed by atoms with Crippen molar-refractivity contribution in [1.29, 1.82) is 0 Å². The van der Waals surface area contributed by atoms with E-state index < -0.39 is 18.3 Å². The van der Waals surface area contributed by atoms with E-state index in [0.717, 1.165) is 6.33 Å². The third kappa shape index (κ3) is 3.73.